The highest BCUT2D eigenvalue weighted by molar-refractivity contribution is 5.95. The van der Waals surface area contributed by atoms with Gasteiger partial charge in [-0.05, 0) is 31.0 Å². The maximum atomic E-state index is 11.7. The molecule has 9 heteroatoms. The molecule has 0 spiro atoms. The predicted molar refractivity (Wildman–Crippen MR) is 97.9 cm³/mol. The number of fused-ring (bicyclic) bond motifs is 1. The van der Waals surface area contributed by atoms with E-state index in [0.29, 0.717) is 16.7 Å². The van der Waals surface area contributed by atoms with Crippen molar-refractivity contribution in [1.29, 1.82) is 0 Å². The molecule has 0 radical (unpaired) electrons. The Morgan fingerprint density at radius 1 is 1.07 bits per heavy atom. The van der Waals surface area contributed by atoms with Gasteiger partial charge in [0.25, 0.3) is 5.91 Å². The molecule has 3 rings (SSSR count). The molecule has 2 N–H and O–H groups in total. The van der Waals surface area contributed by atoms with E-state index in [1.807, 2.05) is 0 Å². The molecule has 0 aliphatic heterocycles. The Morgan fingerprint density at radius 3 is 2.61 bits per heavy atom. The van der Waals surface area contributed by atoms with Crippen molar-refractivity contribution in [3.05, 3.63) is 40.8 Å². The number of ether oxygens (including phenoxy) is 2. The van der Waals surface area contributed by atoms with E-state index in [9.17, 15) is 19.2 Å². The van der Waals surface area contributed by atoms with Crippen molar-refractivity contribution < 1.29 is 28.3 Å². The normalized spacial score (nSPS) is 13.9. The van der Waals surface area contributed by atoms with Crippen LogP contribution in [0.3, 0.4) is 0 Å². The smallest absolute Gasteiger partial charge is 0.344 e. The number of benzene rings is 1. The Kier molecular flexibility index (Phi) is 6.25. The van der Waals surface area contributed by atoms with Crippen LogP contribution >= 0.6 is 0 Å². The molecular formula is C19H20N2O7. The van der Waals surface area contributed by atoms with Crippen LogP contribution in [0.15, 0.2) is 39.5 Å². The van der Waals surface area contributed by atoms with Gasteiger partial charge in [0, 0.05) is 23.6 Å². The Morgan fingerprint density at radius 2 is 1.82 bits per heavy atom. The van der Waals surface area contributed by atoms with Gasteiger partial charge in [-0.2, -0.15) is 0 Å². The SMILES string of the molecule is O=C(COC(=O)COc1ccc2ccc(=O)oc2c1)NC(=O)NC1CCCC1. The lowest BCUT2D eigenvalue weighted by Crippen LogP contribution is -2.45. The van der Waals surface area contributed by atoms with Crippen molar-refractivity contribution >= 4 is 28.9 Å². The maximum Gasteiger partial charge on any atom is 0.344 e. The quantitative estimate of drug-likeness (QED) is 0.567. The molecule has 9 nitrogen and oxygen atoms in total. The number of nitrogens with one attached hydrogen (secondary N) is 2. The Balaban J connectivity index is 1.39. The average molecular weight is 388 g/mol. The van der Waals surface area contributed by atoms with Crippen LogP contribution in [-0.4, -0.2) is 37.2 Å². The molecule has 1 aliphatic carbocycles. The molecule has 1 aromatic heterocycles. The topological polar surface area (TPSA) is 124 Å². The molecular weight excluding hydrogens is 368 g/mol. The first-order chi connectivity index (χ1) is 13.5. The average Bonchev–Trinajstić information content (AvgIpc) is 3.17. The number of carbonyl (C=O) groups is 3. The van der Waals surface area contributed by atoms with Gasteiger partial charge in [-0.3, -0.25) is 10.1 Å². The van der Waals surface area contributed by atoms with Gasteiger partial charge in [-0.25, -0.2) is 14.4 Å². The summed E-state index contributed by atoms with van der Waals surface area (Å²) in [5.74, 6) is -1.20. The molecule has 2 aromatic rings. The zero-order valence-electron chi connectivity index (χ0n) is 15.1. The van der Waals surface area contributed by atoms with Gasteiger partial charge < -0.3 is 19.2 Å². The fraction of sp³-hybridized carbons (Fsp3) is 0.368. The zero-order chi connectivity index (χ0) is 19.9. The van der Waals surface area contributed by atoms with Crippen LogP contribution in [0.25, 0.3) is 11.0 Å². The summed E-state index contributed by atoms with van der Waals surface area (Å²) in [5, 5.41) is 5.52. The van der Waals surface area contributed by atoms with E-state index in [0.717, 1.165) is 25.7 Å². The van der Waals surface area contributed by atoms with Gasteiger partial charge >= 0.3 is 17.6 Å². The second kappa shape index (κ2) is 9.03. The van der Waals surface area contributed by atoms with Crippen molar-refractivity contribution in [2.45, 2.75) is 31.7 Å². The molecule has 0 saturated heterocycles. The summed E-state index contributed by atoms with van der Waals surface area (Å²) in [6.45, 7) is -1.03. The second-order valence-electron chi connectivity index (χ2n) is 6.41. The van der Waals surface area contributed by atoms with Crippen LogP contribution in [0.1, 0.15) is 25.7 Å². The van der Waals surface area contributed by atoms with Crippen molar-refractivity contribution in [2.75, 3.05) is 13.2 Å². The summed E-state index contributed by atoms with van der Waals surface area (Å²) < 4.78 is 15.1. The Bertz CT molecular complexity index is 931. The first-order valence-electron chi connectivity index (χ1n) is 8.92. The van der Waals surface area contributed by atoms with Gasteiger partial charge in [0.1, 0.15) is 11.3 Å². The molecule has 1 aliphatic rings. The van der Waals surface area contributed by atoms with Gasteiger partial charge in [0.05, 0.1) is 0 Å². The van der Waals surface area contributed by atoms with Gasteiger partial charge in [0.2, 0.25) is 0 Å². The lowest BCUT2D eigenvalue weighted by molar-refractivity contribution is -0.150. The summed E-state index contributed by atoms with van der Waals surface area (Å²) >= 11 is 0. The number of rotatable bonds is 6. The molecule has 1 aromatic carbocycles. The van der Waals surface area contributed by atoms with Crippen LogP contribution in [0.4, 0.5) is 4.79 Å². The van der Waals surface area contributed by atoms with Crippen LogP contribution in [0, 0.1) is 0 Å². The minimum absolute atomic E-state index is 0.0788. The monoisotopic (exact) mass is 388 g/mol. The molecule has 1 heterocycles. The van der Waals surface area contributed by atoms with E-state index < -0.39 is 36.7 Å². The fourth-order valence-corrected chi connectivity index (χ4v) is 2.92. The zero-order valence-corrected chi connectivity index (χ0v) is 15.1. The first kappa shape index (κ1) is 19.4. The summed E-state index contributed by atoms with van der Waals surface area (Å²) in [5.41, 5.74) is -0.168. The van der Waals surface area contributed by atoms with E-state index in [2.05, 4.69) is 10.6 Å². The standard InChI is InChI=1S/C19H20N2O7/c22-16(21-19(25)20-13-3-1-2-4-13)10-27-18(24)11-26-14-7-5-12-6-8-17(23)28-15(12)9-14/h5-9,13H,1-4,10-11H2,(H2,20,21,22,25). The van der Waals surface area contributed by atoms with Crippen molar-refractivity contribution in [2.24, 2.45) is 0 Å². The number of hydrogen-bond donors (Lipinski definition) is 2. The fourth-order valence-electron chi connectivity index (χ4n) is 2.92. The van der Waals surface area contributed by atoms with Gasteiger partial charge in [0.15, 0.2) is 13.2 Å². The number of carbonyl (C=O) groups excluding carboxylic acids is 3. The number of esters is 1. The minimum atomic E-state index is -0.777. The van der Waals surface area contributed by atoms with E-state index >= 15 is 0 Å². The summed E-state index contributed by atoms with van der Waals surface area (Å²) in [7, 11) is 0. The highest BCUT2D eigenvalue weighted by Gasteiger charge is 2.18. The molecule has 148 valence electrons. The van der Waals surface area contributed by atoms with Crippen LogP contribution in [0.5, 0.6) is 5.75 Å². The number of imide groups is 1. The molecule has 0 bridgehead atoms. The highest BCUT2D eigenvalue weighted by atomic mass is 16.6. The van der Waals surface area contributed by atoms with Crippen molar-refractivity contribution in [1.82, 2.24) is 10.6 Å². The van der Waals surface area contributed by atoms with Crippen molar-refractivity contribution in [3.63, 3.8) is 0 Å². The lowest BCUT2D eigenvalue weighted by Gasteiger charge is -2.12. The third-order valence-corrected chi connectivity index (χ3v) is 4.26. The summed E-state index contributed by atoms with van der Waals surface area (Å²) in [6.07, 6.45) is 3.90. The first-order valence-corrected chi connectivity index (χ1v) is 8.92. The Labute approximate surface area is 160 Å². The number of urea groups is 1. The van der Waals surface area contributed by atoms with Gasteiger partial charge in [-0.1, -0.05) is 12.8 Å². The highest BCUT2D eigenvalue weighted by Crippen LogP contribution is 2.19. The minimum Gasteiger partial charge on any atom is -0.482 e. The number of amides is 3. The lowest BCUT2D eigenvalue weighted by atomic mass is 10.2. The number of hydrogen-bond acceptors (Lipinski definition) is 7. The van der Waals surface area contributed by atoms with E-state index in [-0.39, 0.29) is 6.04 Å². The molecule has 3 amide bonds. The van der Waals surface area contributed by atoms with Crippen LogP contribution in [-0.2, 0) is 14.3 Å². The summed E-state index contributed by atoms with van der Waals surface area (Å²) in [6, 6.07) is 7.16. The van der Waals surface area contributed by atoms with Crippen molar-refractivity contribution in [3.8, 4) is 5.75 Å². The molecule has 0 atom stereocenters. The van der Waals surface area contributed by atoms with E-state index in [1.54, 1.807) is 18.2 Å². The molecule has 28 heavy (non-hydrogen) atoms. The predicted octanol–water partition coefficient (Wildman–Crippen LogP) is 1.48. The third kappa shape index (κ3) is 5.57. The Hall–Kier alpha value is -3.36. The van der Waals surface area contributed by atoms with Gasteiger partial charge in [-0.15, -0.1) is 0 Å². The molecule has 0 unspecified atom stereocenters. The largest absolute Gasteiger partial charge is 0.482 e. The summed E-state index contributed by atoms with van der Waals surface area (Å²) in [4.78, 5) is 46.2. The van der Waals surface area contributed by atoms with E-state index in [1.165, 1.54) is 12.1 Å². The van der Waals surface area contributed by atoms with E-state index in [4.69, 9.17) is 13.9 Å². The molecule has 1 fully saturated rings. The maximum absolute atomic E-state index is 11.7. The van der Waals surface area contributed by atoms with Crippen LogP contribution in [0.2, 0.25) is 0 Å². The van der Waals surface area contributed by atoms with Crippen LogP contribution < -0.4 is 21.0 Å². The molecule has 1 saturated carbocycles. The third-order valence-electron chi connectivity index (χ3n) is 4.26. The second-order valence-corrected chi connectivity index (χ2v) is 6.41.